The number of thiazole rings is 1. The molecule has 5 heteroatoms. The van der Waals surface area contributed by atoms with Gasteiger partial charge in [0.15, 0.2) is 0 Å². The van der Waals surface area contributed by atoms with E-state index < -0.39 is 0 Å². The molecule has 5 rings (SSSR count). The molecule has 0 radical (unpaired) electrons. The Labute approximate surface area is 177 Å². The van der Waals surface area contributed by atoms with Gasteiger partial charge in [-0.15, -0.1) is 11.3 Å². The molecule has 2 aliphatic carbocycles. The molecule has 1 saturated heterocycles. The van der Waals surface area contributed by atoms with Gasteiger partial charge in [0.05, 0.1) is 10.7 Å². The quantitative estimate of drug-likeness (QED) is 0.789. The maximum Gasteiger partial charge on any atom is 0.220 e. The van der Waals surface area contributed by atoms with E-state index in [1.165, 1.54) is 36.1 Å². The van der Waals surface area contributed by atoms with Crippen molar-refractivity contribution in [2.24, 2.45) is 0 Å². The molecule has 1 N–H and O–H groups in total. The lowest BCUT2D eigenvalue weighted by Gasteiger charge is -2.40. The van der Waals surface area contributed by atoms with Crippen LogP contribution in [0.3, 0.4) is 0 Å². The molecule has 1 unspecified atom stereocenters. The predicted molar refractivity (Wildman–Crippen MR) is 117 cm³/mol. The maximum atomic E-state index is 12.6. The number of fused-ring (bicyclic) bond motifs is 2. The van der Waals surface area contributed by atoms with Crippen molar-refractivity contribution < 1.29 is 4.79 Å². The van der Waals surface area contributed by atoms with Crippen molar-refractivity contribution in [3.63, 3.8) is 0 Å². The van der Waals surface area contributed by atoms with Crippen molar-refractivity contribution in [2.45, 2.75) is 75.8 Å². The van der Waals surface area contributed by atoms with E-state index >= 15 is 0 Å². The number of hydrogen-bond acceptors (Lipinski definition) is 4. The third kappa shape index (κ3) is 3.87. The number of amides is 1. The van der Waals surface area contributed by atoms with E-state index in [1.807, 2.05) is 0 Å². The van der Waals surface area contributed by atoms with Gasteiger partial charge in [0.1, 0.15) is 0 Å². The molecule has 3 aliphatic rings. The van der Waals surface area contributed by atoms with Crippen molar-refractivity contribution >= 4 is 17.2 Å². The monoisotopic (exact) mass is 409 g/mol. The summed E-state index contributed by atoms with van der Waals surface area (Å²) in [4.78, 5) is 19.8. The molecule has 0 bridgehead atoms. The van der Waals surface area contributed by atoms with Gasteiger partial charge in [0.25, 0.3) is 0 Å². The van der Waals surface area contributed by atoms with Gasteiger partial charge in [-0.25, -0.2) is 4.98 Å². The second kappa shape index (κ2) is 7.84. The minimum Gasteiger partial charge on any atom is -0.353 e. The number of carbonyl (C=O) groups excluding carboxylic acids is 1. The van der Waals surface area contributed by atoms with Crippen LogP contribution in [0.25, 0.3) is 0 Å². The van der Waals surface area contributed by atoms with Crippen LogP contribution in [0.1, 0.15) is 72.7 Å². The summed E-state index contributed by atoms with van der Waals surface area (Å²) < 4.78 is 0. The fourth-order valence-corrected chi connectivity index (χ4v) is 6.20. The van der Waals surface area contributed by atoms with Crippen molar-refractivity contribution in [1.29, 1.82) is 0 Å². The van der Waals surface area contributed by atoms with E-state index in [2.05, 4.69) is 51.8 Å². The first-order valence-corrected chi connectivity index (χ1v) is 12.0. The van der Waals surface area contributed by atoms with Gasteiger partial charge in [-0.3, -0.25) is 9.69 Å². The fraction of sp³-hybridized carbons (Fsp3) is 0.583. The summed E-state index contributed by atoms with van der Waals surface area (Å²) in [6.45, 7) is 5.28. The van der Waals surface area contributed by atoms with Gasteiger partial charge in [-0.2, -0.15) is 0 Å². The Morgan fingerprint density at radius 2 is 2.07 bits per heavy atom. The van der Waals surface area contributed by atoms with Crippen LogP contribution in [0.4, 0.5) is 0 Å². The van der Waals surface area contributed by atoms with Crippen molar-refractivity contribution in [3.05, 3.63) is 51.5 Å². The molecule has 1 saturated carbocycles. The molecule has 1 spiro atoms. The highest BCUT2D eigenvalue weighted by atomic mass is 32.1. The Morgan fingerprint density at radius 3 is 2.76 bits per heavy atom. The van der Waals surface area contributed by atoms with Gasteiger partial charge >= 0.3 is 0 Å². The normalized spacial score (nSPS) is 23.7. The van der Waals surface area contributed by atoms with Crippen LogP contribution in [0.15, 0.2) is 29.6 Å². The number of nitrogens with one attached hydrogen (secondary N) is 1. The Kier molecular flexibility index (Phi) is 5.21. The lowest BCUT2D eigenvalue weighted by Crippen LogP contribution is -2.41. The molecule has 1 aliphatic heterocycles. The zero-order valence-corrected chi connectivity index (χ0v) is 18.1. The molecule has 29 heavy (non-hydrogen) atoms. The topological polar surface area (TPSA) is 45.2 Å². The molecule has 1 aromatic heterocycles. The smallest absolute Gasteiger partial charge is 0.220 e. The average Bonchev–Trinajstić information content (AvgIpc) is 3.23. The van der Waals surface area contributed by atoms with E-state index in [0.717, 1.165) is 43.9 Å². The van der Waals surface area contributed by atoms with Gasteiger partial charge < -0.3 is 5.32 Å². The zero-order valence-electron chi connectivity index (χ0n) is 17.3. The van der Waals surface area contributed by atoms with Crippen LogP contribution >= 0.6 is 11.3 Å². The molecular formula is C24H31N3OS. The first-order valence-electron chi connectivity index (χ1n) is 11.1. The minimum atomic E-state index is 0.253. The highest BCUT2D eigenvalue weighted by Gasteiger charge is 2.45. The number of benzene rings is 1. The highest BCUT2D eigenvalue weighted by Crippen LogP contribution is 2.52. The molecule has 2 fully saturated rings. The van der Waals surface area contributed by atoms with Gasteiger partial charge in [-0.05, 0) is 81.0 Å². The van der Waals surface area contributed by atoms with E-state index in [0.29, 0.717) is 18.4 Å². The van der Waals surface area contributed by atoms with Gasteiger partial charge in [0.2, 0.25) is 5.91 Å². The van der Waals surface area contributed by atoms with Gasteiger partial charge in [-0.1, -0.05) is 24.3 Å². The number of rotatable bonds is 5. The largest absolute Gasteiger partial charge is 0.353 e. The highest BCUT2D eigenvalue weighted by molar-refractivity contribution is 7.09. The van der Waals surface area contributed by atoms with Gasteiger partial charge in [0, 0.05) is 24.4 Å². The van der Waals surface area contributed by atoms with Crippen LogP contribution in [0.5, 0.6) is 0 Å². The average molecular weight is 410 g/mol. The van der Waals surface area contributed by atoms with E-state index in [4.69, 9.17) is 0 Å². The summed E-state index contributed by atoms with van der Waals surface area (Å²) in [6, 6.07) is 9.37. The second-order valence-electron chi connectivity index (χ2n) is 9.30. The summed E-state index contributed by atoms with van der Waals surface area (Å²) in [5.74, 6) is 0.627. The standard InChI is InChI=1S/C24H31N3OS/c1-17-25-20(16-29-17)15-27-11-9-24(10-12-27)14-18(21-7-2-3-8-22(21)24)13-23(28)26-19-5-4-6-19/h2-3,7-8,16,18-19H,4-6,9-15H2,1H3,(H,26,28). The molecule has 1 aromatic carbocycles. The lowest BCUT2D eigenvalue weighted by atomic mass is 9.73. The summed E-state index contributed by atoms with van der Waals surface area (Å²) in [5, 5.41) is 6.60. The van der Waals surface area contributed by atoms with E-state index in [-0.39, 0.29) is 11.3 Å². The molecule has 1 atom stereocenters. The Morgan fingerprint density at radius 1 is 1.28 bits per heavy atom. The number of likely N-dealkylation sites (tertiary alicyclic amines) is 1. The number of piperidine rings is 1. The summed E-state index contributed by atoms with van der Waals surface area (Å²) >= 11 is 1.74. The lowest BCUT2D eigenvalue weighted by molar-refractivity contribution is -0.122. The SMILES string of the molecule is Cc1nc(CN2CCC3(CC2)CC(CC(=O)NC2CCC2)c2ccccc23)cs1. The Hall–Kier alpha value is -1.72. The summed E-state index contributed by atoms with van der Waals surface area (Å²) in [5.41, 5.74) is 4.42. The van der Waals surface area contributed by atoms with Crippen molar-refractivity contribution in [1.82, 2.24) is 15.2 Å². The molecule has 2 heterocycles. The second-order valence-corrected chi connectivity index (χ2v) is 10.4. The third-order valence-electron chi connectivity index (χ3n) is 7.38. The van der Waals surface area contributed by atoms with Crippen LogP contribution < -0.4 is 5.32 Å². The molecule has 154 valence electrons. The fourth-order valence-electron chi connectivity index (χ4n) is 5.60. The third-order valence-corrected chi connectivity index (χ3v) is 8.20. The van der Waals surface area contributed by atoms with Crippen LogP contribution in [0, 0.1) is 6.92 Å². The first kappa shape index (κ1) is 19.3. The Balaban J connectivity index is 1.26. The number of nitrogens with zero attached hydrogens (tertiary/aromatic N) is 2. The Bertz CT molecular complexity index is 880. The maximum absolute atomic E-state index is 12.6. The van der Waals surface area contributed by atoms with E-state index in [1.54, 1.807) is 11.3 Å². The minimum absolute atomic E-state index is 0.253. The first-order chi connectivity index (χ1) is 14.1. The molecule has 2 aromatic rings. The number of aryl methyl sites for hydroxylation is 1. The number of hydrogen-bond donors (Lipinski definition) is 1. The van der Waals surface area contributed by atoms with Crippen LogP contribution in [0.2, 0.25) is 0 Å². The summed E-state index contributed by atoms with van der Waals surface area (Å²) in [6.07, 6.45) is 7.74. The van der Waals surface area contributed by atoms with Crippen LogP contribution in [-0.2, 0) is 16.8 Å². The van der Waals surface area contributed by atoms with Crippen molar-refractivity contribution in [2.75, 3.05) is 13.1 Å². The summed E-state index contributed by atoms with van der Waals surface area (Å²) in [7, 11) is 0. The number of aromatic nitrogens is 1. The predicted octanol–water partition coefficient (Wildman–Crippen LogP) is 4.53. The number of carbonyl (C=O) groups is 1. The molecule has 1 amide bonds. The zero-order chi connectivity index (χ0) is 19.8. The molecule has 4 nitrogen and oxygen atoms in total. The van der Waals surface area contributed by atoms with Crippen LogP contribution in [-0.4, -0.2) is 34.9 Å². The van der Waals surface area contributed by atoms with E-state index in [9.17, 15) is 4.79 Å². The molecular weight excluding hydrogens is 378 g/mol. The van der Waals surface area contributed by atoms with Crippen molar-refractivity contribution in [3.8, 4) is 0 Å².